The second kappa shape index (κ2) is 10.5. The van der Waals surface area contributed by atoms with Crippen LogP contribution in [0.25, 0.3) is 10.9 Å². The van der Waals surface area contributed by atoms with Crippen molar-refractivity contribution < 1.29 is 4.79 Å². The molecule has 1 amide bonds. The number of hydrogen-bond acceptors (Lipinski definition) is 4. The van der Waals surface area contributed by atoms with Gasteiger partial charge in [0.15, 0.2) is 0 Å². The van der Waals surface area contributed by atoms with E-state index in [1.165, 1.54) is 0 Å². The number of carbonyl (C=O) groups excluding carboxylic acids is 1. The molecule has 0 saturated carbocycles. The van der Waals surface area contributed by atoms with E-state index in [0.717, 1.165) is 73.9 Å². The van der Waals surface area contributed by atoms with Gasteiger partial charge in [-0.1, -0.05) is 35.3 Å². The lowest BCUT2D eigenvalue weighted by Crippen LogP contribution is -2.51. The number of benzene rings is 2. The second-order valence-electron chi connectivity index (χ2n) is 9.67. The zero-order chi connectivity index (χ0) is 24.4. The number of aromatic nitrogens is 1. The third-order valence-electron chi connectivity index (χ3n) is 7.55. The Hall–Kier alpha value is -2.65. The highest BCUT2D eigenvalue weighted by molar-refractivity contribution is 6.42. The predicted molar refractivity (Wildman–Crippen MR) is 140 cm³/mol. The molecule has 3 aromatic rings. The summed E-state index contributed by atoms with van der Waals surface area (Å²) in [6.07, 6.45) is 5.48. The molecular formula is C28H28Cl2N4O. The summed E-state index contributed by atoms with van der Waals surface area (Å²) in [4.78, 5) is 21.9. The summed E-state index contributed by atoms with van der Waals surface area (Å²) < 4.78 is 0. The van der Waals surface area contributed by atoms with E-state index >= 15 is 0 Å². The zero-order valence-electron chi connectivity index (χ0n) is 19.5. The minimum atomic E-state index is -0.0101. The van der Waals surface area contributed by atoms with E-state index in [9.17, 15) is 10.1 Å². The molecule has 0 unspecified atom stereocenters. The molecule has 7 heteroatoms. The molecular weight excluding hydrogens is 479 g/mol. The van der Waals surface area contributed by atoms with Crippen molar-refractivity contribution in [2.45, 2.75) is 31.7 Å². The highest BCUT2D eigenvalue weighted by Gasteiger charge is 2.34. The molecule has 35 heavy (non-hydrogen) atoms. The maximum Gasteiger partial charge on any atom is 0.253 e. The van der Waals surface area contributed by atoms with Gasteiger partial charge in [-0.25, -0.2) is 0 Å². The van der Waals surface area contributed by atoms with Crippen molar-refractivity contribution in [1.29, 1.82) is 5.26 Å². The number of rotatable bonds is 4. The van der Waals surface area contributed by atoms with Gasteiger partial charge in [0.05, 0.1) is 27.5 Å². The standard InChI is InChI=1S/C28H28Cl2N4O/c29-25-5-3-19(15-26(25)30)14-20-7-11-34(18-23(20)17-31)24-8-12-33(13-9-24)28(35)22-4-6-27-21(16-22)2-1-10-32-27/h1-6,10,15-16,20,23-24H,7-9,11-14,18H2/t20-,23+/m1/s1. The summed E-state index contributed by atoms with van der Waals surface area (Å²) in [5.41, 5.74) is 2.75. The first-order chi connectivity index (χ1) is 17.0. The number of nitrogens with zero attached hydrogens (tertiary/aromatic N) is 4. The van der Waals surface area contributed by atoms with Crippen LogP contribution in [0.15, 0.2) is 54.7 Å². The summed E-state index contributed by atoms with van der Waals surface area (Å²) in [6.45, 7) is 3.27. The van der Waals surface area contributed by atoms with Crippen molar-refractivity contribution in [2.24, 2.45) is 11.8 Å². The third-order valence-corrected chi connectivity index (χ3v) is 8.29. The number of amides is 1. The lowest BCUT2D eigenvalue weighted by molar-refractivity contribution is 0.0486. The molecule has 5 rings (SSSR count). The lowest BCUT2D eigenvalue weighted by Gasteiger charge is -2.43. The van der Waals surface area contributed by atoms with Gasteiger partial charge in [0.2, 0.25) is 0 Å². The largest absolute Gasteiger partial charge is 0.339 e. The third kappa shape index (κ3) is 5.30. The molecule has 2 aliphatic heterocycles. The monoisotopic (exact) mass is 506 g/mol. The number of nitriles is 1. The zero-order valence-corrected chi connectivity index (χ0v) is 21.0. The Morgan fingerprint density at radius 3 is 2.63 bits per heavy atom. The highest BCUT2D eigenvalue weighted by Crippen LogP contribution is 2.32. The maximum absolute atomic E-state index is 13.1. The Bertz CT molecular complexity index is 1270. The molecule has 2 atom stereocenters. The summed E-state index contributed by atoms with van der Waals surface area (Å²) in [7, 11) is 0. The fourth-order valence-corrected chi connectivity index (χ4v) is 5.86. The summed E-state index contributed by atoms with van der Waals surface area (Å²) >= 11 is 12.2. The SMILES string of the molecule is N#C[C@H]1CN(C2CCN(C(=O)c3ccc4ncccc4c3)CC2)CC[C@@H]1Cc1ccc(Cl)c(Cl)c1. The molecule has 0 radical (unpaired) electrons. The first-order valence-corrected chi connectivity index (χ1v) is 13.0. The number of pyridine rings is 1. The van der Waals surface area contributed by atoms with Crippen LogP contribution >= 0.6 is 23.2 Å². The van der Waals surface area contributed by atoms with Crippen LogP contribution in [-0.2, 0) is 6.42 Å². The second-order valence-corrected chi connectivity index (χ2v) is 10.5. The van der Waals surface area contributed by atoms with E-state index in [2.05, 4.69) is 16.0 Å². The van der Waals surface area contributed by atoms with Gasteiger partial charge in [-0.15, -0.1) is 0 Å². The Kier molecular flexibility index (Phi) is 7.24. The van der Waals surface area contributed by atoms with Crippen molar-refractivity contribution in [3.05, 3.63) is 75.9 Å². The summed E-state index contributed by atoms with van der Waals surface area (Å²) in [5, 5.41) is 12.0. The highest BCUT2D eigenvalue weighted by atomic mass is 35.5. The smallest absolute Gasteiger partial charge is 0.253 e. The number of fused-ring (bicyclic) bond motifs is 1. The number of likely N-dealkylation sites (tertiary alicyclic amines) is 2. The molecule has 2 fully saturated rings. The van der Waals surface area contributed by atoms with Gasteiger partial charge in [-0.2, -0.15) is 5.26 Å². The Balaban J connectivity index is 1.17. The fourth-order valence-electron chi connectivity index (χ4n) is 5.54. The predicted octanol–water partition coefficient (Wildman–Crippen LogP) is 5.85. The minimum Gasteiger partial charge on any atom is -0.339 e. The van der Waals surface area contributed by atoms with E-state index in [0.29, 0.717) is 22.0 Å². The van der Waals surface area contributed by atoms with Crippen LogP contribution < -0.4 is 0 Å². The molecule has 1 aromatic heterocycles. The van der Waals surface area contributed by atoms with Crippen LogP contribution in [0.2, 0.25) is 10.0 Å². The molecule has 0 spiro atoms. The molecule has 5 nitrogen and oxygen atoms in total. The number of piperidine rings is 2. The van der Waals surface area contributed by atoms with E-state index < -0.39 is 0 Å². The number of halogens is 2. The number of hydrogen-bond donors (Lipinski definition) is 0. The summed E-state index contributed by atoms with van der Waals surface area (Å²) in [5.74, 6) is 0.395. The van der Waals surface area contributed by atoms with Gasteiger partial charge in [0.25, 0.3) is 5.91 Å². The summed E-state index contributed by atoms with van der Waals surface area (Å²) in [6, 6.07) is 18.4. The maximum atomic E-state index is 13.1. The molecule has 2 aliphatic rings. The van der Waals surface area contributed by atoms with Gasteiger partial charge in [-0.05, 0) is 80.1 Å². The quantitative estimate of drug-likeness (QED) is 0.445. The van der Waals surface area contributed by atoms with Crippen LogP contribution in [0, 0.1) is 23.2 Å². The molecule has 2 aromatic carbocycles. The average molecular weight is 507 g/mol. The topological polar surface area (TPSA) is 60.2 Å². The van der Waals surface area contributed by atoms with Crippen LogP contribution in [-0.4, -0.2) is 52.9 Å². The Labute approximate surface area is 216 Å². The van der Waals surface area contributed by atoms with Gasteiger partial charge in [0, 0.05) is 42.8 Å². The fraction of sp³-hybridized carbons (Fsp3) is 0.393. The van der Waals surface area contributed by atoms with Crippen LogP contribution in [0.1, 0.15) is 35.2 Å². The molecule has 0 bridgehead atoms. The normalized spacial score (nSPS) is 21.7. The average Bonchev–Trinajstić information content (AvgIpc) is 2.90. The Morgan fingerprint density at radius 1 is 1.03 bits per heavy atom. The van der Waals surface area contributed by atoms with Crippen molar-refractivity contribution in [3.63, 3.8) is 0 Å². The molecule has 2 saturated heterocycles. The van der Waals surface area contributed by atoms with Gasteiger partial charge < -0.3 is 4.90 Å². The van der Waals surface area contributed by atoms with E-state index in [1.54, 1.807) is 6.20 Å². The van der Waals surface area contributed by atoms with Gasteiger partial charge >= 0.3 is 0 Å². The lowest BCUT2D eigenvalue weighted by atomic mass is 9.81. The first-order valence-electron chi connectivity index (χ1n) is 12.2. The van der Waals surface area contributed by atoms with E-state index in [1.807, 2.05) is 53.4 Å². The first kappa shape index (κ1) is 24.1. The van der Waals surface area contributed by atoms with Crippen molar-refractivity contribution in [1.82, 2.24) is 14.8 Å². The van der Waals surface area contributed by atoms with Crippen LogP contribution in [0.4, 0.5) is 0 Å². The van der Waals surface area contributed by atoms with Crippen molar-refractivity contribution >= 4 is 40.0 Å². The van der Waals surface area contributed by atoms with E-state index in [-0.39, 0.29) is 11.8 Å². The van der Waals surface area contributed by atoms with E-state index in [4.69, 9.17) is 23.2 Å². The van der Waals surface area contributed by atoms with Crippen molar-refractivity contribution in [3.8, 4) is 6.07 Å². The molecule has 0 aliphatic carbocycles. The molecule has 180 valence electrons. The number of carbonyl (C=O) groups is 1. The Morgan fingerprint density at radius 2 is 1.86 bits per heavy atom. The minimum absolute atomic E-state index is 0.0101. The van der Waals surface area contributed by atoms with Gasteiger partial charge in [0.1, 0.15) is 0 Å². The van der Waals surface area contributed by atoms with Crippen LogP contribution in [0.5, 0.6) is 0 Å². The van der Waals surface area contributed by atoms with Crippen molar-refractivity contribution in [2.75, 3.05) is 26.2 Å². The van der Waals surface area contributed by atoms with Crippen LogP contribution in [0.3, 0.4) is 0 Å². The molecule has 3 heterocycles. The van der Waals surface area contributed by atoms with Gasteiger partial charge in [-0.3, -0.25) is 14.7 Å². The molecule has 0 N–H and O–H groups in total.